The summed E-state index contributed by atoms with van der Waals surface area (Å²) in [7, 11) is 0. The van der Waals surface area contributed by atoms with E-state index in [9.17, 15) is 10.2 Å². The number of rotatable bonds is 2. The maximum absolute atomic E-state index is 10.2. The van der Waals surface area contributed by atoms with Crippen molar-refractivity contribution >= 4 is 17.0 Å². The average Bonchev–Trinajstić information content (AvgIpc) is 3.10. The topological polar surface area (TPSA) is 129 Å². The third-order valence-corrected chi connectivity index (χ3v) is 3.94. The van der Waals surface area contributed by atoms with E-state index in [0.29, 0.717) is 11.2 Å². The first kappa shape index (κ1) is 12.0. The van der Waals surface area contributed by atoms with Crippen LogP contribution in [0, 0.1) is 0 Å². The number of aliphatic hydroxyl groups excluding tert-OH is 2. The number of ether oxygens (including phenoxy) is 2. The number of aromatic nitrogens is 4. The van der Waals surface area contributed by atoms with Gasteiger partial charge in [-0.3, -0.25) is 4.57 Å². The molecule has 9 heteroatoms. The first-order chi connectivity index (χ1) is 9.66. The van der Waals surface area contributed by atoms with Gasteiger partial charge in [-0.05, 0) is 0 Å². The summed E-state index contributed by atoms with van der Waals surface area (Å²) in [5.41, 5.74) is 5.62. The second kappa shape index (κ2) is 3.85. The highest BCUT2D eigenvalue weighted by Crippen LogP contribution is 2.45. The van der Waals surface area contributed by atoms with Crippen molar-refractivity contribution in [3.63, 3.8) is 0 Å². The molecular formula is C11H13N5O4. The summed E-state index contributed by atoms with van der Waals surface area (Å²) in [4.78, 5) is 12.2. The van der Waals surface area contributed by atoms with E-state index in [1.807, 2.05) is 0 Å². The zero-order valence-corrected chi connectivity index (χ0v) is 10.4. The van der Waals surface area contributed by atoms with E-state index in [1.165, 1.54) is 12.7 Å². The Bertz CT molecular complexity index is 676. The van der Waals surface area contributed by atoms with Gasteiger partial charge >= 0.3 is 0 Å². The van der Waals surface area contributed by atoms with Crippen LogP contribution in [-0.2, 0) is 9.47 Å². The molecular weight excluding hydrogens is 266 g/mol. The molecule has 2 saturated heterocycles. The number of nitrogens with zero attached hydrogens (tertiary/aromatic N) is 4. The number of imidazole rings is 1. The van der Waals surface area contributed by atoms with Crippen molar-refractivity contribution in [1.82, 2.24) is 19.5 Å². The number of nitrogens with two attached hydrogens (primary N) is 1. The highest BCUT2D eigenvalue weighted by Gasteiger charge is 2.61. The molecule has 2 aliphatic rings. The lowest BCUT2D eigenvalue weighted by Crippen LogP contribution is -2.44. The van der Waals surface area contributed by atoms with E-state index in [4.69, 9.17) is 15.2 Å². The van der Waals surface area contributed by atoms with E-state index >= 15 is 0 Å². The fourth-order valence-electron chi connectivity index (χ4n) is 2.81. The van der Waals surface area contributed by atoms with Crippen molar-refractivity contribution in [2.24, 2.45) is 0 Å². The predicted molar refractivity (Wildman–Crippen MR) is 65.4 cm³/mol. The molecule has 0 aliphatic carbocycles. The first-order valence-electron chi connectivity index (χ1n) is 6.18. The summed E-state index contributed by atoms with van der Waals surface area (Å²) in [5.74, 6) is 0.273. The third kappa shape index (κ3) is 1.32. The molecule has 4 atom stereocenters. The molecule has 106 valence electrons. The largest absolute Gasteiger partial charge is 0.393 e. The van der Waals surface area contributed by atoms with Crippen molar-refractivity contribution in [1.29, 1.82) is 0 Å². The molecule has 2 aliphatic heterocycles. The van der Waals surface area contributed by atoms with Crippen LogP contribution in [0.4, 0.5) is 5.82 Å². The second-order valence-corrected chi connectivity index (χ2v) is 5.03. The normalized spacial score (nSPS) is 36.0. The molecule has 0 aromatic carbocycles. The Balaban J connectivity index is 1.80. The van der Waals surface area contributed by atoms with Gasteiger partial charge < -0.3 is 25.4 Å². The van der Waals surface area contributed by atoms with Crippen LogP contribution >= 0.6 is 0 Å². The Hall–Kier alpha value is -1.81. The summed E-state index contributed by atoms with van der Waals surface area (Å²) in [5, 5.41) is 19.6. The van der Waals surface area contributed by atoms with Gasteiger partial charge in [-0.2, -0.15) is 0 Å². The Kier molecular flexibility index (Phi) is 2.31. The van der Waals surface area contributed by atoms with Crippen LogP contribution in [-0.4, -0.2) is 60.8 Å². The molecule has 9 nitrogen and oxygen atoms in total. The van der Waals surface area contributed by atoms with Crippen LogP contribution in [0.15, 0.2) is 12.7 Å². The first-order valence-corrected chi connectivity index (χ1v) is 6.18. The number of anilines is 1. The minimum absolute atomic E-state index is 0.162. The Labute approximate surface area is 113 Å². The van der Waals surface area contributed by atoms with Crippen molar-refractivity contribution in [3.05, 3.63) is 12.7 Å². The van der Waals surface area contributed by atoms with Crippen LogP contribution in [0.3, 0.4) is 0 Å². The van der Waals surface area contributed by atoms with E-state index in [-0.39, 0.29) is 19.0 Å². The summed E-state index contributed by atoms with van der Waals surface area (Å²) in [6, 6.07) is 0. The minimum atomic E-state index is -1.08. The second-order valence-electron chi connectivity index (χ2n) is 5.03. The van der Waals surface area contributed by atoms with Gasteiger partial charge in [-0.15, -0.1) is 0 Å². The Morgan fingerprint density at radius 1 is 1.45 bits per heavy atom. The number of fused-ring (bicyclic) bond motifs is 3. The van der Waals surface area contributed by atoms with E-state index < -0.39 is 24.0 Å². The molecule has 4 N–H and O–H groups in total. The molecule has 0 amide bonds. The lowest BCUT2D eigenvalue weighted by Gasteiger charge is -2.29. The van der Waals surface area contributed by atoms with Crippen LogP contribution in [0.5, 0.6) is 0 Å². The van der Waals surface area contributed by atoms with Crippen molar-refractivity contribution in [3.8, 4) is 0 Å². The zero-order valence-electron chi connectivity index (χ0n) is 10.4. The molecule has 4 rings (SSSR count). The lowest BCUT2D eigenvalue weighted by molar-refractivity contribution is -0.185. The Morgan fingerprint density at radius 3 is 3.05 bits per heavy atom. The SMILES string of the molecule is Nc1ncnc2c1ncn2[C@@H]1O[C@@]2(CO)CO[C@@H]1[C@H]2O. The number of aliphatic hydroxyl groups is 2. The zero-order chi connectivity index (χ0) is 13.9. The molecule has 2 aromatic heterocycles. The lowest BCUT2D eigenvalue weighted by atomic mass is 10.0. The van der Waals surface area contributed by atoms with Gasteiger partial charge in [0.25, 0.3) is 0 Å². The predicted octanol–water partition coefficient (Wildman–Crippen LogP) is -1.57. The van der Waals surface area contributed by atoms with Crippen LogP contribution in [0.2, 0.25) is 0 Å². The highest BCUT2D eigenvalue weighted by molar-refractivity contribution is 5.81. The molecule has 2 bridgehead atoms. The van der Waals surface area contributed by atoms with Gasteiger partial charge in [0.1, 0.15) is 29.7 Å². The molecule has 0 saturated carbocycles. The highest BCUT2D eigenvalue weighted by atomic mass is 16.7. The van der Waals surface area contributed by atoms with Crippen LogP contribution in [0.1, 0.15) is 6.23 Å². The fraction of sp³-hybridized carbons (Fsp3) is 0.545. The van der Waals surface area contributed by atoms with Crippen LogP contribution < -0.4 is 5.73 Å². The average molecular weight is 279 g/mol. The van der Waals surface area contributed by atoms with Gasteiger partial charge in [-0.1, -0.05) is 0 Å². The van der Waals surface area contributed by atoms with Gasteiger partial charge in [0.05, 0.1) is 19.5 Å². The van der Waals surface area contributed by atoms with Gasteiger partial charge in [0.2, 0.25) is 0 Å². The van der Waals surface area contributed by atoms with Crippen molar-refractivity contribution in [2.45, 2.75) is 24.0 Å². The number of hydrogen-bond acceptors (Lipinski definition) is 8. The van der Waals surface area contributed by atoms with Gasteiger partial charge in [-0.25, -0.2) is 15.0 Å². The monoisotopic (exact) mass is 279 g/mol. The molecule has 0 radical (unpaired) electrons. The standard InChI is InChI=1S/C11H13N5O4/c12-8-5-9(14-3-13-8)16(4-15-5)10-6-7(18)11(1-17,20-10)2-19-6/h3-4,6-7,10,17-18H,1-2H2,(H2,12,13,14)/t6-,7-,10-,11+/m1/s1. The van der Waals surface area contributed by atoms with Crippen molar-refractivity contribution in [2.75, 3.05) is 18.9 Å². The summed E-state index contributed by atoms with van der Waals surface area (Å²) in [6.07, 6.45) is 0.778. The molecule has 2 aromatic rings. The van der Waals surface area contributed by atoms with Gasteiger partial charge in [0, 0.05) is 0 Å². The summed E-state index contributed by atoms with van der Waals surface area (Å²) in [6.45, 7) is -0.152. The maximum atomic E-state index is 10.2. The smallest absolute Gasteiger partial charge is 0.167 e. The maximum Gasteiger partial charge on any atom is 0.167 e. The van der Waals surface area contributed by atoms with Crippen LogP contribution in [0.25, 0.3) is 11.2 Å². The third-order valence-electron chi connectivity index (χ3n) is 3.94. The van der Waals surface area contributed by atoms with E-state index in [2.05, 4.69) is 15.0 Å². The molecule has 2 fully saturated rings. The Morgan fingerprint density at radius 2 is 2.30 bits per heavy atom. The molecule has 0 unspecified atom stereocenters. The quantitative estimate of drug-likeness (QED) is 0.601. The number of nitrogen functional groups attached to an aromatic ring is 1. The fourth-order valence-corrected chi connectivity index (χ4v) is 2.81. The van der Waals surface area contributed by atoms with E-state index in [0.717, 1.165) is 0 Å². The number of hydrogen-bond donors (Lipinski definition) is 3. The summed E-state index contributed by atoms with van der Waals surface area (Å²) < 4.78 is 13.0. The minimum Gasteiger partial charge on any atom is -0.393 e. The molecule has 4 heterocycles. The van der Waals surface area contributed by atoms with Gasteiger partial charge in [0.15, 0.2) is 17.7 Å². The van der Waals surface area contributed by atoms with Crippen molar-refractivity contribution < 1.29 is 19.7 Å². The van der Waals surface area contributed by atoms with E-state index in [1.54, 1.807) is 4.57 Å². The molecule has 20 heavy (non-hydrogen) atoms. The summed E-state index contributed by atoms with van der Waals surface area (Å²) >= 11 is 0. The molecule has 0 spiro atoms.